The van der Waals surface area contributed by atoms with Crippen molar-refractivity contribution in [2.75, 3.05) is 12.4 Å². The Labute approximate surface area is 119 Å². The van der Waals surface area contributed by atoms with Crippen LogP contribution >= 0.6 is 0 Å². The third-order valence-electron chi connectivity index (χ3n) is 3.87. The fourth-order valence-electron chi connectivity index (χ4n) is 2.73. The van der Waals surface area contributed by atoms with Gasteiger partial charge in [0.05, 0.1) is 12.7 Å². The molecule has 1 saturated carbocycles. The zero-order valence-corrected chi connectivity index (χ0v) is 12.1. The smallest absolute Gasteiger partial charge is 0.337 e. The molecule has 1 aromatic carbocycles. The fourth-order valence-corrected chi connectivity index (χ4v) is 2.73. The van der Waals surface area contributed by atoms with E-state index in [2.05, 4.69) is 10.1 Å². The van der Waals surface area contributed by atoms with E-state index in [9.17, 15) is 9.59 Å². The summed E-state index contributed by atoms with van der Waals surface area (Å²) in [6, 6.07) is 5.16. The Balaban J connectivity index is 1.98. The first-order valence-electron chi connectivity index (χ1n) is 7.09. The minimum absolute atomic E-state index is 0.0609. The molecule has 0 saturated heterocycles. The normalized spacial score (nSPS) is 15.1. The molecular weight excluding hydrogens is 254 g/mol. The van der Waals surface area contributed by atoms with E-state index in [1.54, 1.807) is 18.2 Å². The highest BCUT2D eigenvalue weighted by atomic mass is 16.5. The van der Waals surface area contributed by atoms with Gasteiger partial charge in [-0.3, -0.25) is 4.79 Å². The lowest BCUT2D eigenvalue weighted by molar-refractivity contribution is -0.117. The summed E-state index contributed by atoms with van der Waals surface area (Å²) in [6.07, 6.45) is 5.40. The minimum atomic E-state index is -0.364. The number of rotatable bonds is 4. The molecule has 4 heteroatoms. The van der Waals surface area contributed by atoms with Gasteiger partial charge in [0.2, 0.25) is 5.91 Å². The van der Waals surface area contributed by atoms with E-state index < -0.39 is 0 Å². The van der Waals surface area contributed by atoms with Crippen molar-refractivity contribution < 1.29 is 14.3 Å². The van der Waals surface area contributed by atoms with E-state index in [0.29, 0.717) is 17.9 Å². The molecule has 108 valence electrons. The number of nitrogens with one attached hydrogen (secondary N) is 1. The van der Waals surface area contributed by atoms with Gasteiger partial charge in [0, 0.05) is 12.1 Å². The maximum atomic E-state index is 12.0. The quantitative estimate of drug-likeness (QED) is 0.858. The highest BCUT2D eigenvalue weighted by molar-refractivity contribution is 5.94. The molecular formula is C16H21NO3. The molecule has 1 aromatic rings. The number of benzene rings is 1. The molecule has 1 aliphatic carbocycles. The number of carbonyl (C=O) groups excluding carboxylic acids is 2. The third-order valence-corrected chi connectivity index (χ3v) is 3.87. The summed E-state index contributed by atoms with van der Waals surface area (Å²) >= 11 is 0. The van der Waals surface area contributed by atoms with E-state index in [4.69, 9.17) is 0 Å². The first-order valence-corrected chi connectivity index (χ1v) is 7.09. The number of methoxy groups -OCH3 is 1. The second-order valence-electron chi connectivity index (χ2n) is 5.42. The lowest BCUT2D eigenvalue weighted by Gasteiger charge is -2.12. The first-order chi connectivity index (χ1) is 9.60. The van der Waals surface area contributed by atoms with Crippen LogP contribution in [0.3, 0.4) is 0 Å². The zero-order valence-electron chi connectivity index (χ0n) is 12.1. The molecule has 4 nitrogen and oxygen atoms in total. The van der Waals surface area contributed by atoms with Gasteiger partial charge in [-0.05, 0) is 49.4 Å². The van der Waals surface area contributed by atoms with E-state index in [-0.39, 0.29) is 11.9 Å². The molecule has 0 aromatic heterocycles. The second kappa shape index (κ2) is 6.55. The summed E-state index contributed by atoms with van der Waals surface area (Å²) in [6.45, 7) is 1.87. The van der Waals surface area contributed by atoms with Gasteiger partial charge in [-0.15, -0.1) is 0 Å². The molecule has 0 spiro atoms. The van der Waals surface area contributed by atoms with Crippen LogP contribution in [0, 0.1) is 12.8 Å². The van der Waals surface area contributed by atoms with Crippen LogP contribution in [0.2, 0.25) is 0 Å². The van der Waals surface area contributed by atoms with Gasteiger partial charge in [0.15, 0.2) is 0 Å². The lowest BCUT2D eigenvalue weighted by Crippen LogP contribution is -2.16. The number of amides is 1. The number of anilines is 1. The Hall–Kier alpha value is -1.84. The van der Waals surface area contributed by atoms with E-state index >= 15 is 0 Å². The maximum Gasteiger partial charge on any atom is 0.337 e. The van der Waals surface area contributed by atoms with Gasteiger partial charge < -0.3 is 10.1 Å². The van der Waals surface area contributed by atoms with E-state index in [1.165, 1.54) is 20.0 Å². The SMILES string of the molecule is COC(=O)c1ccc(NC(=O)CC2CCCC2)c(C)c1. The van der Waals surface area contributed by atoms with Crippen LogP contribution in [0.25, 0.3) is 0 Å². The summed E-state index contributed by atoms with van der Waals surface area (Å²) in [5.41, 5.74) is 2.13. The summed E-state index contributed by atoms with van der Waals surface area (Å²) in [4.78, 5) is 23.4. The Morgan fingerprint density at radius 2 is 2.00 bits per heavy atom. The minimum Gasteiger partial charge on any atom is -0.465 e. The van der Waals surface area contributed by atoms with Crippen LogP contribution < -0.4 is 5.32 Å². The molecule has 1 amide bonds. The topological polar surface area (TPSA) is 55.4 Å². The van der Waals surface area contributed by atoms with Crippen LogP contribution in [-0.2, 0) is 9.53 Å². The van der Waals surface area contributed by atoms with Crippen molar-refractivity contribution >= 4 is 17.6 Å². The van der Waals surface area contributed by atoms with Crippen LogP contribution in [-0.4, -0.2) is 19.0 Å². The largest absolute Gasteiger partial charge is 0.465 e. The lowest BCUT2D eigenvalue weighted by atomic mass is 10.0. The van der Waals surface area contributed by atoms with Crippen molar-refractivity contribution in [2.45, 2.75) is 39.0 Å². The van der Waals surface area contributed by atoms with Crippen molar-refractivity contribution in [1.82, 2.24) is 0 Å². The molecule has 0 unspecified atom stereocenters. The highest BCUT2D eigenvalue weighted by Crippen LogP contribution is 2.28. The molecule has 1 aliphatic rings. The highest BCUT2D eigenvalue weighted by Gasteiger charge is 2.18. The molecule has 0 bridgehead atoms. The second-order valence-corrected chi connectivity index (χ2v) is 5.42. The summed E-state index contributed by atoms with van der Waals surface area (Å²) in [5.74, 6) is 0.229. The van der Waals surface area contributed by atoms with Crippen molar-refractivity contribution in [3.05, 3.63) is 29.3 Å². The molecule has 0 radical (unpaired) electrons. The van der Waals surface area contributed by atoms with E-state index in [0.717, 1.165) is 24.1 Å². The van der Waals surface area contributed by atoms with Gasteiger partial charge in [-0.25, -0.2) is 4.79 Å². The van der Waals surface area contributed by atoms with Crippen molar-refractivity contribution in [3.8, 4) is 0 Å². The van der Waals surface area contributed by atoms with Crippen LogP contribution in [0.1, 0.15) is 48.0 Å². The van der Waals surface area contributed by atoms with Crippen molar-refractivity contribution in [2.24, 2.45) is 5.92 Å². The standard InChI is InChI=1S/C16H21NO3/c1-11-9-13(16(19)20-2)7-8-14(11)17-15(18)10-12-5-3-4-6-12/h7-9,12H,3-6,10H2,1-2H3,(H,17,18). The fraction of sp³-hybridized carbons (Fsp3) is 0.500. The summed E-state index contributed by atoms with van der Waals surface area (Å²) < 4.78 is 4.67. The Kier molecular flexibility index (Phi) is 4.77. The number of hydrogen-bond acceptors (Lipinski definition) is 3. The number of hydrogen-bond donors (Lipinski definition) is 1. The molecule has 0 atom stereocenters. The third kappa shape index (κ3) is 3.59. The van der Waals surface area contributed by atoms with Gasteiger partial charge in [0.25, 0.3) is 0 Å². The number of aryl methyl sites for hydroxylation is 1. The van der Waals surface area contributed by atoms with Crippen LogP contribution in [0.4, 0.5) is 5.69 Å². The predicted molar refractivity (Wildman–Crippen MR) is 77.7 cm³/mol. The molecule has 20 heavy (non-hydrogen) atoms. The van der Waals surface area contributed by atoms with Gasteiger partial charge in [-0.2, -0.15) is 0 Å². The number of carbonyl (C=O) groups is 2. The number of esters is 1. The average molecular weight is 275 g/mol. The van der Waals surface area contributed by atoms with Crippen molar-refractivity contribution in [3.63, 3.8) is 0 Å². The van der Waals surface area contributed by atoms with Crippen LogP contribution in [0.15, 0.2) is 18.2 Å². The maximum absolute atomic E-state index is 12.0. The van der Waals surface area contributed by atoms with Gasteiger partial charge in [-0.1, -0.05) is 12.8 Å². The molecule has 2 rings (SSSR count). The average Bonchev–Trinajstić information content (AvgIpc) is 2.93. The van der Waals surface area contributed by atoms with Crippen LogP contribution in [0.5, 0.6) is 0 Å². The van der Waals surface area contributed by atoms with Gasteiger partial charge in [0.1, 0.15) is 0 Å². The molecule has 1 N–H and O–H groups in total. The summed E-state index contributed by atoms with van der Waals surface area (Å²) in [5, 5.41) is 2.93. The first kappa shape index (κ1) is 14.6. The Morgan fingerprint density at radius 1 is 1.30 bits per heavy atom. The van der Waals surface area contributed by atoms with Crippen molar-refractivity contribution in [1.29, 1.82) is 0 Å². The van der Waals surface area contributed by atoms with Gasteiger partial charge >= 0.3 is 5.97 Å². The molecule has 0 aliphatic heterocycles. The Morgan fingerprint density at radius 3 is 2.60 bits per heavy atom. The zero-order chi connectivity index (χ0) is 14.5. The molecule has 0 heterocycles. The monoisotopic (exact) mass is 275 g/mol. The van der Waals surface area contributed by atoms with E-state index in [1.807, 2.05) is 6.92 Å². The molecule has 1 fully saturated rings. The summed E-state index contributed by atoms with van der Waals surface area (Å²) in [7, 11) is 1.36. The number of ether oxygens (including phenoxy) is 1. The Bertz CT molecular complexity index is 504. The predicted octanol–water partition coefficient (Wildman–Crippen LogP) is 3.30.